The minimum atomic E-state index is 0.145. The van der Waals surface area contributed by atoms with Gasteiger partial charge in [-0.15, -0.1) is 0 Å². The first-order valence-corrected chi connectivity index (χ1v) is 19.0. The molecule has 0 aromatic rings. The maximum Gasteiger partial charge on any atom is 0.221 e. The van der Waals surface area contributed by atoms with Crippen molar-refractivity contribution >= 4 is 11.8 Å². The predicted molar refractivity (Wildman–Crippen MR) is 190 cm³/mol. The molecule has 0 bridgehead atoms. The van der Waals surface area contributed by atoms with E-state index in [4.69, 9.17) is 5.73 Å². The van der Waals surface area contributed by atoms with E-state index in [-0.39, 0.29) is 11.8 Å². The van der Waals surface area contributed by atoms with Gasteiger partial charge in [0.15, 0.2) is 0 Å². The van der Waals surface area contributed by atoms with Crippen LogP contribution < -0.4 is 27.0 Å². The molecule has 44 heavy (non-hydrogen) atoms. The number of amides is 2. The average Bonchev–Trinajstić information content (AvgIpc) is 3.02. The number of rotatable bonds is 36. The van der Waals surface area contributed by atoms with Crippen LogP contribution in [0.1, 0.15) is 155 Å². The second kappa shape index (κ2) is 36.3. The third kappa shape index (κ3) is 33.7. The summed E-state index contributed by atoms with van der Waals surface area (Å²) in [6.07, 6.45) is 27.3. The van der Waals surface area contributed by atoms with E-state index in [0.29, 0.717) is 25.9 Å². The Morgan fingerprint density at radius 3 is 1.32 bits per heavy atom. The van der Waals surface area contributed by atoms with Crippen molar-refractivity contribution in [3.8, 4) is 0 Å². The Bertz CT molecular complexity index is 607. The van der Waals surface area contributed by atoms with Crippen molar-refractivity contribution in [2.24, 2.45) is 5.73 Å². The Labute approximate surface area is 273 Å². The normalized spacial score (nSPS) is 11.4. The van der Waals surface area contributed by atoms with Gasteiger partial charge in [0.25, 0.3) is 0 Å². The molecule has 0 rings (SSSR count). The van der Waals surface area contributed by atoms with E-state index in [0.717, 1.165) is 65.2 Å². The Morgan fingerprint density at radius 1 is 0.455 bits per heavy atom. The molecule has 0 unspecified atom stereocenters. The van der Waals surface area contributed by atoms with Crippen LogP contribution in [0.25, 0.3) is 0 Å². The first-order valence-electron chi connectivity index (χ1n) is 19.0. The third-order valence-corrected chi connectivity index (χ3v) is 8.42. The Kier molecular flexibility index (Phi) is 35.2. The van der Waals surface area contributed by atoms with Gasteiger partial charge in [-0.1, -0.05) is 129 Å². The molecule has 262 valence electrons. The first-order chi connectivity index (χ1) is 21.6. The molecule has 0 aliphatic heterocycles. The highest BCUT2D eigenvalue weighted by atomic mass is 16.2. The maximum atomic E-state index is 12.3. The molecule has 0 saturated heterocycles. The van der Waals surface area contributed by atoms with Crippen LogP contribution in [-0.4, -0.2) is 82.2 Å². The van der Waals surface area contributed by atoms with Crippen molar-refractivity contribution in [2.75, 3.05) is 65.4 Å². The van der Waals surface area contributed by atoms with Gasteiger partial charge in [0.2, 0.25) is 11.8 Å². The van der Waals surface area contributed by atoms with Crippen molar-refractivity contribution in [1.29, 1.82) is 0 Å². The van der Waals surface area contributed by atoms with Crippen molar-refractivity contribution in [3.63, 3.8) is 0 Å². The van der Waals surface area contributed by atoms with E-state index in [1.54, 1.807) is 0 Å². The Hall–Kier alpha value is -1.22. The Balaban J connectivity index is 3.55. The molecule has 0 radical (unpaired) electrons. The molecule has 0 saturated carbocycles. The van der Waals surface area contributed by atoms with Gasteiger partial charge >= 0.3 is 0 Å². The van der Waals surface area contributed by atoms with Crippen molar-refractivity contribution < 1.29 is 9.59 Å². The van der Waals surface area contributed by atoms with Gasteiger partial charge in [0.1, 0.15) is 0 Å². The number of carbonyl (C=O) groups is 2. The minimum Gasteiger partial charge on any atom is -0.356 e. The number of nitrogens with zero attached hydrogens (tertiary/aromatic N) is 1. The van der Waals surface area contributed by atoms with E-state index < -0.39 is 0 Å². The van der Waals surface area contributed by atoms with Crippen LogP contribution in [0.3, 0.4) is 0 Å². The molecular formula is C36H76N6O2. The first kappa shape index (κ1) is 42.8. The van der Waals surface area contributed by atoms with Crippen LogP contribution in [0.2, 0.25) is 0 Å². The van der Waals surface area contributed by atoms with Crippen LogP contribution in [0, 0.1) is 0 Å². The van der Waals surface area contributed by atoms with Gasteiger partial charge in [-0.3, -0.25) is 9.59 Å². The summed E-state index contributed by atoms with van der Waals surface area (Å²) in [6, 6.07) is 0. The molecule has 2 amide bonds. The predicted octanol–water partition coefficient (Wildman–Crippen LogP) is 6.28. The summed E-state index contributed by atoms with van der Waals surface area (Å²) in [4.78, 5) is 26.6. The summed E-state index contributed by atoms with van der Waals surface area (Å²) in [6.45, 7) is 12.4. The highest BCUT2D eigenvalue weighted by Gasteiger charge is 2.08. The van der Waals surface area contributed by atoms with E-state index in [1.807, 2.05) is 0 Å². The average molecular weight is 625 g/mol. The number of carbonyl (C=O) groups excluding carboxylic acids is 2. The van der Waals surface area contributed by atoms with Gasteiger partial charge < -0.3 is 31.9 Å². The van der Waals surface area contributed by atoms with Crippen molar-refractivity contribution in [2.45, 2.75) is 155 Å². The number of nitrogens with two attached hydrogens (primary N) is 1. The largest absolute Gasteiger partial charge is 0.356 e. The summed E-state index contributed by atoms with van der Waals surface area (Å²) < 4.78 is 0. The van der Waals surface area contributed by atoms with Gasteiger partial charge in [-0.05, 0) is 12.8 Å². The lowest BCUT2D eigenvalue weighted by Crippen LogP contribution is -2.39. The zero-order chi connectivity index (χ0) is 32.2. The van der Waals surface area contributed by atoms with E-state index in [9.17, 15) is 9.59 Å². The molecular weight excluding hydrogens is 548 g/mol. The minimum absolute atomic E-state index is 0.145. The Morgan fingerprint density at radius 2 is 0.864 bits per heavy atom. The molecule has 0 aromatic carbocycles. The molecule has 6 N–H and O–H groups in total. The lowest BCUT2D eigenvalue weighted by Gasteiger charge is -2.21. The molecule has 0 spiro atoms. The molecule has 0 atom stereocenters. The molecule has 0 fully saturated rings. The maximum absolute atomic E-state index is 12.3. The lowest BCUT2D eigenvalue weighted by atomic mass is 10.1. The van der Waals surface area contributed by atoms with Gasteiger partial charge in [-0.2, -0.15) is 0 Å². The van der Waals surface area contributed by atoms with Crippen LogP contribution in [-0.2, 0) is 9.59 Å². The number of hydrogen-bond acceptors (Lipinski definition) is 6. The molecule has 0 aliphatic rings. The molecule has 0 aliphatic carbocycles. The fourth-order valence-electron chi connectivity index (χ4n) is 5.50. The fourth-order valence-corrected chi connectivity index (χ4v) is 5.50. The second-order valence-corrected chi connectivity index (χ2v) is 12.7. The second-order valence-electron chi connectivity index (χ2n) is 12.7. The zero-order valence-electron chi connectivity index (χ0n) is 29.5. The molecule has 8 heteroatoms. The molecule has 0 heterocycles. The lowest BCUT2D eigenvalue weighted by molar-refractivity contribution is -0.122. The monoisotopic (exact) mass is 625 g/mol. The van der Waals surface area contributed by atoms with Crippen LogP contribution in [0.5, 0.6) is 0 Å². The third-order valence-electron chi connectivity index (χ3n) is 8.42. The topological polar surface area (TPSA) is 112 Å². The van der Waals surface area contributed by atoms with Gasteiger partial charge in [0.05, 0.1) is 0 Å². The van der Waals surface area contributed by atoms with Crippen molar-refractivity contribution in [3.05, 3.63) is 0 Å². The standard InChI is InChI=1S/C36H76N6O2/c1-3-5-7-9-11-13-15-17-19-21-26-40-35(43)23-28-38-29-30-39-31-34-42(33-25-37)32-24-36(44)41-27-22-20-18-16-14-12-10-8-6-4-2/h38-39H,3-34,37H2,1-2H3,(H,40,43)(H,41,44). The quantitative estimate of drug-likeness (QED) is 0.0525. The highest BCUT2D eigenvalue weighted by Crippen LogP contribution is 2.11. The van der Waals surface area contributed by atoms with Crippen LogP contribution in [0.15, 0.2) is 0 Å². The van der Waals surface area contributed by atoms with Crippen molar-refractivity contribution in [1.82, 2.24) is 26.2 Å². The van der Waals surface area contributed by atoms with Gasteiger partial charge in [0, 0.05) is 78.3 Å². The fraction of sp³-hybridized carbons (Fsp3) is 0.944. The zero-order valence-corrected chi connectivity index (χ0v) is 29.5. The van der Waals surface area contributed by atoms with Crippen LogP contribution in [0.4, 0.5) is 0 Å². The summed E-state index contributed by atoms with van der Waals surface area (Å²) in [5.41, 5.74) is 5.80. The summed E-state index contributed by atoms with van der Waals surface area (Å²) in [5.74, 6) is 0.291. The number of unbranched alkanes of at least 4 members (excludes halogenated alkanes) is 18. The molecule has 8 nitrogen and oxygen atoms in total. The van der Waals surface area contributed by atoms with E-state index in [1.165, 1.54) is 116 Å². The summed E-state index contributed by atoms with van der Waals surface area (Å²) >= 11 is 0. The van der Waals surface area contributed by atoms with E-state index >= 15 is 0 Å². The number of nitrogens with one attached hydrogen (secondary N) is 4. The van der Waals surface area contributed by atoms with Crippen LogP contribution >= 0.6 is 0 Å². The summed E-state index contributed by atoms with van der Waals surface area (Å²) in [5, 5.41) is 12.9. The van der Waals surface area contributed by atoms with E-state index in [2.05, 4.69) is 40.0 Å². The van der Waals surface area contributed by atoms with Gasteiger partial charge in [-0.25, -0.2) is 0 Å². The number of hydrogen-bond donors (Lipinski definition) is 5. The smallest absolute Gasteiger partial charge is 0.221 e. The summed E-state index contributed by atoms with van der Waals surface area (Å²) in [7, 11) is 0. The molecule has 0 aromatic heterocycles. The SMILES string of the molecule is CCCCCCCCCCCCNC(=O)CCNCCNCCN(CCN)CCC(=O)NCCCCCCCCCCCC. The highest BCUT2D eigenvalue weighted by molar-refractivity contribution is 5.76.